The van der Waals surface area contributed by atoms with E-state index in [1.165, 1.54) is 12.8 Å². The summed E-state index contributed by atoms with van der Waals surface area (Å²) in [6.07, 6.45) is 9.77. The molecule has 0 amide bonds. The SMILES string of the molecule is O=C(CCc1cncc(Br)c1)C1CCCC1. The lowest BCUT2D eigenvalue weighted by molar-refractivity contribution is -0.122. The maximum atomic E-state index is 11.9. The zero-order valence-corrected chi connectivity index (χ0v) is 10.9. The van der Waals surface area contributed by atoms with Crippen LogP contribution in [0.3, 0.4) is 0 Å². The summed E-state index contributed by atoms with van der Waals surface area (Å²) >= 11 is 3.39. The molecule has 1 aliphatic rings. The van der Waals surface area contributed by atoms with E-state index in [0.717, 1.165) is 29.3 Å². The van der Waals surface area contributed by atoms with E-state index in [1.54, 1.807) is 6.20 Å². The number of Topliss-reactive ketones (excluding diaryl/α,β-unsaturated/α-hetero) is 1. The van der Waals surface area contributed by atoms with Gasteiger partial charge >= 0.3 is 0 Å². The number of carbonyl (C=O) groups is 1. The van der Waals surface area contributed by atoms with Gasteiger partial charge in [-0.25, -0.2) is 0 Å². The molecule has 0 aliphatic heterocycles. The van der Waals surface area contributed by atoms with Crippen molar-refractivity contribution in [2.45, 2.75) is 38.5 Å². The molecule has 1 heterocycles. The number of aromatic nitrogens is 1. The zero-order chi connectivity index (χ0) is 11.4. The standard InChI is InChI=1S/C13H16BrNO/c14-12-7-10(8-15-9-12)5-6-13(16)11-3-1-2-4-11/h7-9,11H,1-6H2. The molecule has 16 heavy (non-hydrogen) atoms. The number of hydrogen-bond donors (Lipinski definition) is 0. The summed E-state index contributed by atoms with van der Waals surface area (Å²) < 4.78 is 0.985. The highest BCUT2D eigenvalue weighted by Crippen LogP contribution is 2.26. The number of rotatable bonds is 4. The highest BCUT2D eigenvalue weighted by atomic mass is 79.9. The molecule has 2 rings (SSSR count). The molecule has 0 saturated heterocycles. The molecule has 1 aromatic heterocycles. The van der Waals surface area contributed by atoms with Crippen LogP contribution in [-0.4, -0.2) is 10.8 Å². The molecule has 1 aliphatic carbocycles. The Kier molecular flexibility index (Phi) is 4.10. The predicted octanol–water partition coefficient (Wildman–Crippen LogP) is 3.54. The minimum absolute atomic E-state index is 0.347. The van der Waals surface area contributed by atoms with Gasteiger partial charge in [-0.05, 0) is 46.8 Å². The maximum Gasteiger partial charge on any atom is 0.136 e. The molecule has 0 unspecified atom stereocenters. The molecule has 0 atom stereocenters. The van der Waals surface area contributed by atoms with Gasteiger partial charge < -0.3 is 0 Å². The molecular formula is C13H16BrNO. The highest BCUT2D eigenvalue weighted by Gasteiger charge is 2.21. The lowest BCUT2D eigenvalue weighted by atomic mass is 9.97. The third-order valence-electron chi connectivity index (χ3n) is 3.23. The van der Waals surface area contributed by atoms with Gasteiger partial charge in [-0.1, -0.05) is 12.8 Å². The van der Waals surface area contributed by atoms with E-state index in [-0.39, 0.29) is 0 Å². The van der Waals surface area contributed by atoms with Gasteiger partial charge in [-0.15, -0.1) is 0 Å². The first-order chi connectivity index (χ1) is 7.75. The summed E-state index contributed by atoms with van der Waals surface area (Å²) in [5.74, 6) is 0.789. The maximum absolute atomic E-state index is 11.9. The molecule has 3 heteroatoms. The van der Waals surface area contributed by atoms with Crippen LogP contribution in [0.2, 0.25) is 0 Å². The number of pyridine rings is 1. The molecule has 0 bridgehead atoms. The predicted molar refractivity (Wildman–Crippen MR) is 67.2 cm³/mol. The van der Waals surface area contributed by atoms with Gasteiger partial charge in [0, 0.05) is 29.2 Å². The first-order valence-electron chi connectivity index (χ1n) is 5.88. The van der Waals surface area contributed by atoms with Crippen molar-refractivity contribution in [3.05, 3.63) is 28.5 Å². The first-order valence-corrected chi connectivity index (χ1v) is 6.67. The second-order valence-electron chi connectivity index (χ2n) is 4.46. The average molecular weight is 282 g/mol. The van der Waals surface area contributed by atoms with Crippen LogP contribution in [-0.2, 0) is 11.2 Å². The fourth-order valence-electron chi connectivity index (χ4n) is 2.31. The van der Waals surface area contributed by atoms with Crippen molar-refractivity contribution >= 4 is 21.7 Å². The van der Waals surface area contributed by atoms with Crippen LogP contribution in [0, 0.1) is 5.92 Å². The first kappa shape index (κ1) is 11.8. The molecule has 0 aromatic carbocycles. The van der Waals surface area contributed by atoms with E-state index < -0.39 is 0 Å². The second-order valence-corrected chi connectivity index (χ2v) is 5.37. The minimum atomic E-state index is 0.347. The number of nitrogens with zero attached hydrogens (tertiary/aromatic N) is 1. The van der Waals surface area contributed by atoms with E-state index in [2.05, 4.69) is 20.9 Å². The molecule has 0 radical (unpaired) electrons. The van der Waals surface area contributed by atoms with Crippen LogP contribution in [0.4, 0.5) is 0 Å². The van der Waals surface area contributed by atoms with Crippen molar-refractivity contribution < 1.29 is 4.79 Å². The van der Waals surface area contributed by atoms with Crippen LogP contribution < -0.4 is 0 Å². The third kappa shape index (κ3) is 3.14. The van der Waals surface area contributed by atoms with Crippen molar-refractivity contribution in [1.29, 1.82) is 0 Å². The molecule has 1 fully saturated rings. The summed E-state index contributed by atoms with van der Waals surface area (Å²) in [4.78, 5) is 16.0. The lowest BCUT2D eigenvalue weighted by Gasteiger charge is -2.07. The lowest BCUT2D eigenvalue weighted by Crippen LogP contribution is -2.11. The van der Waals surface area contributed by atoms with E-state index in [0.29, 0.717) is 18.1 Å². The molecule has 2 nitrogen and oxygen atoms in total. The molecular weight excluding hydrogens is 266 g/mol. The Hall–Kier alpha value is -0.700. The third-order valence-corrected chi connectivity index (χ3v) is 3.67. The normalized spacial score (nSPS) is 16.6. The fourth-order valence-corrected chi connectivity index (χ4v) is 2.72. The second kappa shape index (κ2) is 5.58. The summed E-state index contributed by atoms with van der Waals surface area (Å²) in [5.41, 5.74) is 1.14. The summed E-state index contributed by atoms with van der Waals surface area (Å²) in [6.45, 7) is 0. The number of aryl methyl sites for hydroxylation is 1. The van der Waals surface area contributed by atoms with Crippen molar-refractivity contribution in [2.75, 3.05) is 0 Å². The van der Waals surface area contributed by atoms with Crippen LogP contribution in [0.1, 0.15) is 37.7 Å². The van der Waals surface area contributed by atoms with Gasteiger partial charge in [0.05, 0.1) is 0 Å². The van der Waals surface area contributed by atoms with E-state index in [9.17, 15) is 4.79 Å². The van der Waals surface area contributed by atoms with Crippen molar-refractivity contribution in [2.24, 2.45) is 5.92 Å². The van der Waals surface area contributed by atoms with Gasteiger partial charge in [0.25, 0.3) is 0 Å². The Morgan fingerprint density at radius 3 is 2.81 bits per heavy atom. The summed E-state index contributed by atoms with van der Waals surface area (Å²) in [5, 5.41) is 0. The van der Waals surface area contributed by atoms with Crippen LogP contribution in [0.25, 0.3) is 0 Å². The topological polar surface area (TPSA) is 30.0 Å². The molecule has 0 N–H and O–H groups in total. The summed E-state index contributed by atoms with van der Waals surface area (Å²) in [7, 11) is 0. The van der Waals surface area contributed by atoms with Gasteiger partial charge in [0.2, 0.25) is 0 Å². The Balaban J connectivity index is 1.84. The van der Waals surface area contributed by atoms with E-state index in [4.69, 9.17) is 0 Å². The summed E-state index contributed by atoms with van der Waals surface area (Å²) in [6, 6.07) is 2.04. The van der Waals surface area contributed by atoms with Gasteiger partial charge in [-0.3, -0.25) is 9.78 Å². The van der Waals surface area contributed by atoms with Gasteiger partial charge in [0.1, 0.15) is 5.78 Å². The van der Waals surface area contributed by atoms with Crippen LogP contribution >= 0.6 is 15.9 Å². The zero-order valence-electron chi connectivity index (χ0n) is 9.29. The van der Waals surface area contributed by atoms with Crippen molar-refractivity contribution in [1.82, 2.24) is 4.98 Å². The minimum Gasteiger partial charge on any atom is -0.299 e. The molecule has 1 saturated carbocycles. The van der Waals surface area contributed by atoms with Crippen molar-refractivity contribution in [3.63, 3.8) is 0 Å². The Morgan fingerprint density at radius 2 is 2.12 bits per heavy atom. The van der Waals surface area contributed by atoms with E-state index in [1.807, 2.05) is 12.3 Å². The van der Waals surface area contributed by atoms with Gasteiger partial charge in [0.15, 0.2) is 0 Å². The van der Waals surface area contributed by atoms with E-state index >= 15 is 0 Å². The molecule has 1 aromatic rings. The Morgan fingerprint density at radius 1 is 1.38 bits per heavy atom. The largest absolute Gasteiger partial charge is 0.299 e. The van der Waals surface area contributed by atoms with Crippen LogP contribution in [0.15, 0.2) is 22.9 Å². The Labute approximate surface area is 105 Å². The van der Waals surface area contributed by atoms with Gasteiger partial charge in [-0.2, -0.15) is 0 Å². The molecule has 86 valence electrons. The Bertz CT molecular complexity index is 372. The average Bonchev–Trinajstić information content (AvgIpc) is 2.79. The van der Waals surface area contributed by atoms with Crippen LogP contribution in [0.5, 0.6) is 0 Å². The smallest absolute Gasteiger partial charge is 0.136 e. The molecule has 0 spiro atoms. The van der Waals surface area contributed by atoms with Crippen molar-refractivity contribution in [3.8, 4) is 0 Å². The highest BCUT2D eigenvalue weighted by molar-refractivity contribution is 9.10. The number of ketones is 1. The number of carbonyl (C=O) groups excluding carboxylic acids is 1. The number of hydrogen-bond acceptors (Lipinski definition) is 2. The number of halogens is 1. The fraction of sp³-hybridized carbons (Fsp3) is 0.538. The monoisotopic (exact) mass is 281 g/mol. The quantitative estimate of drug-likeness (QED) is 0.845.